The third-order valence-corrected chi connectivity index (χ3v) is 5.26. The highest BCUT2D eigenvalue weighted by Gasteiger charge is 2.44. The minimum absolute atomic E-state index is 0.0997. The Morgan fingerprint density at radius 3 is 2.59 bits per heavy atom. The molecule has 2 aromatic carbocycles. The summed E-state index contributed by atoms with van der Waals surface area (Å²) < 4.78 is 26.4. The number of halogens is 1. The van der Waals surface area contributed by atoms with E-state index in [0.29, 0.717) is 6.61 Å². The molecule has 3 nitrogen and oxygen atoms in total. The Morgan fingerprint density at radius 1 is 1.07 bits per heavy atom. The largest absolute Gasteiger partial charge is 0.374 e. The summed E-state index contributed by atoms with van der Waals surface area (Å²) in [5.74, 6) is -0.230. The molecule has 2 aromatic rings. The van der Waals surface area contributed by atoms with Gasteiger partial charge in [0.1, 0.15) is 17.5 Å². The third kappa shape index (κ3) is 5.16. The van der Waals surface area contributed by atoms with Crippen LogP contribution in [0.4, 0.5) is 4.39 Å². The molecule has 2 atom stereocenters. The second-order valence-corrected chi connectivity index (χ2v) is 7.19. The van der Waals surface area contributed by atoms with E-state index >= 15 is 0 Å². The summed E-state index contributed by atoms with van der Waals surface area (Å²) >= 11 is 0. The lowest BCUT2D eigenvalue weighted by atomic mass is 9.82. The van der Waals surface area contributed by atoms with Crippen LogP contribution in [-0.4, -0.2) is 25.8 Å². The monoisotopic (exact) mass is 371 g/mol. The van der Waals surface area contributed by atoms with Crippen molar-refractivity contribution in [3.63, 3.8) is 0 Å². The maximum atomic E-state index is 13.5. The summed E-state index contributed by atoms with van der Waals surface area (Å²) in [5.41, 5.74) is 1.55. The highest BCUT2D eigenvalue weighted by atomic mass is 19.1. The first-order valence-electron chi connectivity index (χ1n) is 10.0. The average Bonchev–Trinajstić information content (AvgIpc) is 2.72. The van der Waals surface area contributed by atoms with E-state index in [1.165, 1.54) is 18.6 Å². The van der Waals surface area contributed by atoms with Crippen LogP contribution in [0.2, 0.25) is 0 Å². The van der Waals surface area contributed by atoms with Gasteiger partial charge in [0.15, 0.2) is 0 Å². The van der Waals surface area contributed by atoms with E-state index in [-0.39, 0.29) is 11.9 Å². The van der Waals surface area contributed by atoms with Crippen molar-refractivity contribution in [1.82, 2.24) is 5.32 Å². The van der Waals surface area contributed by atoms with Gasteiger partial charge in [-0.15, -0.1) is 0 Å². The number of nitrogens with one attached hydrogen (secondary N) is 1. The molecule has 1 heterocycles. The van der Waals surface area contributed by atoms with Crippen LogP contribution in [0, 0.1) is 5.82 Å². The lowest BCUT2D eigenvalue weighted by molar-refractivity contribution is -0.173. The number of benzene rings is 2. The van der Waals surface area contributed by atoms with Crippen LogP contribution in [0.25, 0.3) is 0 Å². The lowest BCUT2D eigenvalue weighted by Gasteiger charge is -2.44. The minimum atomic E-state index is -0.568. The normalized spacial score (nSPS) is 22.7. The Kier molecular flexibility index (Phi) is 7.39. The van der Waals surface area contributed by atoms with Gasteiger partial charge in [0.2, 0.25) is 0 Å². The predicted molar refractivity (Wildman–Crippen MR) is 106 cm³/mol. The fourth-order valence-corrected chi connectivity index (χ4v) is 3.70. The number of hydrogen-bond acceptors (Lipinski definition) is 3. The molecular formula is C23H30FNO2. The van der Waals surface area contributed by atoms with Gasteiger partial charge in [0.05, 0.1) is 6.61 Å². The van der Waals surface area contributed by atoms with Crippen LogP contribution >= 0.6 is 0 Å². The van der Waals surface area contributed by atoms with Crippen molar-refractivity contribution in [2.75, 3.05) is 19.7 Å². The Hall–Kier alpha value is -1.75. The maximum absolute atomic E-state index is 13.5. The molecule has 0 saturated carbocycles. The molecule has 1 N–H and O–H groups in total. The van der Waals surface area contributed by atoms with Crippen molar-refractivity contribution in [2.24, 2.45) is 0 Å². The molecule has 1 aliphatic rings. The summed E-state index contributed by atoms with van der Waals surface area (Å²) in [7, 11) is 0. The second kappa shape index (κ2) is 9.98. The van der Waals surface area contributed by atoms with Crippen LogP contribution in [0.5, 0.6) is 0 Å². The number of hydrogen-bond donors (Lipinski definition) is 1. The van der Waals surface area contributed by atoms with Crippen molar-refractivity contribution in [1.29, 1.82) is 0 Å². The molecule has 3 rings (SSSR count). The smallest absolute Gasteiger partial charge is 0.123 e. The SMILES string of the molecule is CCCCCO[C@H]1CNCC[C@]1(OCc1ccccc1)c1ccc(F)cc1. The van der Waals surface area contributed by atoms with E-state index < -0.39 is 5.60 Å². The lowest BCUT2D eigenvalue weighted by Crippen LogP contribution is -2.54. The predicted octanol–water partition coefficient (Wildman–Crippen LogP) is 4.81. The van der Waals surface area contributed by atoms with E-state index in [2.05, 4.69) is 24.4 Å². The second-order valence-electron chi connectivity index (χ2n) is 7.19. The fraction of sp³-hybridized carbons (Fsp3) is 0.478. The number of piperidine rings is 1. The number of unbranched alkanes of at least 4 members (excludes halogenated alkanes) is 2. The Labute approximate surface area is 161 Å². The Balaban J connectivity index is 1.83. The molecule has 1 fully saturated rings. The van der Waals surface area contributed by atoms with Crippen LogP contribution in [0.3, 0.4) is 0 Å². The van der Waals surface area contributed by atoms with Gasteiger partial charge >= 0.3 is 0 Å². The first-order chi connectivity index (χ1) is 13.2. The molecule has 1 aliphatic heterocycles. The average molecular weight is 371 g/mol. The van der Waals surface area contributed by atoms with Gasteiger partial charge in [0.25, 0.3) is 0 Å². The first-order valence-corrected chi connectivity index (χ1v) is 10.0. The molecule has 1 saturated heterocycles. The van der Waals surface area contributed by atoms with Gasteiger partial charge < -0.3 is 14.8 Å². The molecule has 0 radical (unpaired) electrons. The summed E-state index contributed by atoms with van der Waals surface area (Å²) in [6.07, 6.45) is 4.07. The highest BCUT2D eigenvalue weighted by Crippen LogP contribution is 2.38. The van der Waals surface area contributed by atoms with Gasteiger partial charge in [-0.2, -0.15) is 0 Å². The molecule has 0 aliphatic carbocycles. The first kappa shape index (κ1) is 20.0. The van der Waals surface area contributed by atoms with E-state index in [1.807, 2.05) is 30.3 Å². The Morgan fingerprint density at radius 2 is 1.85 bits per heavy atom. The van der Waals surface area contributed by atoms with Crippen molar-refractivity contribution >= 4 is 0 Å². The zero-order chi connectivity index (χ0) is 19.0. The summed E-state index contributed by atoms with van der Waals surface area (Å²) in [4.78, 5) is 0. The van der Waals surface area contributed by atoms with E-state index in [0.717, 1.165) is 50.1 Å². The van der Waals surface area contributed by atoms with Crippen molar-refractivity contribution in [3.05, 3.63) is 71.5 Å². The topological polar surface area (TPSA) is 30.5 Å². The van der Waals surface area contributed by atoms with Gasteiger partial charge in [-0.3, -0.25) is 0 Å². The molecule has 0 aromatic heterocycles. The zero-order valence-corrected chi connectivity index (χ0v) is 16.1. The number of rotatable bonds is 9. The van der Waals surface area contributed by atoms with E-state index in [4.69, 9.17) is 9.47 Å². The van der Waals surface area contributed by atoms with E-state index in [1.54, 1.807) is 0 Å². The maximum Gasteiger partial charge on any atom is 0.123 e. The van der Waals surface area contributed by atoms with Crippen molar-refractivity contribution in [3.8, 4) is 0 Å². The van der Waals surface area contributed by atoms with E-state index in [9.17, 15) is 4.39 Å². The number of ether oxygens (including phenoxy) is 2. The van der Waals surface area contributed by atoms with Crippen LogP contribution < -0.4 is 5.32 Å². The standard InChI is InChI=1S/C23H30FNO2/c1-2-3-7-16-26-22-17-25-15-14-23(22,20-10-12-21(24)13-11-20)27-18-19-8-5-4-6-9-19/h4-6,8-13,22,25H,2-3,7,14-18H2,1H3/t22-,23-/m0/s1. The van der Waals surface area contributed by atoms with Crippen molar-refractivity contribution < 1.29 is 13.9 Å². The highest BCUT2D eigenvalue weighted by molar-refractivity contribution is 5.27. The third-order valence-electron chi connectivity index (χ3n) is 5.26. The summed E-state index contributed by atoms with van der Waals surface area (Å²) in [5, 5.41) is 3.43. The Bertz CT molecular complexity index is 677. The van der Waals surface area contributed by atoms with Crippen LogP contribution in [0.15, 0.2) is 54.6 Å². The van der Waals surface area contributed by atoms with Gasteiger partial charge in [-0.1, -0.05) is 62.2 Å². The van der Waals surface area contributed by atoms with Crippen molar-refractivity contribution in [2.45, 2.75) is 50.9 Å². The molecule has 27 heavy (non-hydrogen) atoms. The van der Waals surface area contributed by atoms with Crippen LogP contribution in [0.1, 0.15) is 43.7 Å². The van der Waals surface area contributed by atoms with Gasteiger partial charge in [-0.25, -0.2) is 4.39 Å². The van der Waals surface area contributed by atoms with Crippen LogP contribution in [-0.2, 0) is 21.7 Å². The molecule has 4 heteroatoms. The quantitative estimate of drug-likeness (QED) is 0.642. The molecular weight excluding hydrogens is 341 g/mol. The van der Waals surface area contributed by atoms with Gasteiger partial charge in [-0.05, 0) is 42.6 Å². The molecule has 0 amide bonds. The summed E-state index contributed by atoms with van der Waals surface area (Å²) in [6.45, 7) is 5.00. The zero-order valence-electron chi connectivity index (χ0n) is 16.1. The molecule has 0 unspecified atom stereocenters. The minimum Gasteiger partial charge on any atom is -0.374 e. The fourth-order valence-electron chi connectivity index (χ4n) is 3.70. The molecule has 146 valence electrons. The molecule has 0 spiro atoms. The van der Waals surface area contributed by atoms with Gasteiger partial charge in [0, 0.05) is 13.2 Å². The molecule has 0 bridgehead atoms. The summed E-state index contributed by atoms with van der Waals surface area (Å²) in [6, 6.07) is 16.9.